The maximum Gasteiger partial charge on any atom is 0.239 e. The number of nitrogens with one attached hydrogen (secondary N) is 2. The zero-order valence-corrected chi connectivity index (χ0v) is 11.5. The molecule has 2 fully saturated rings. The molecular weight excluding hydrogens is 254 g/mol. The lowest BCUT2D eigenvalue weighted by molar-refractivity contribution is -0.129. The fourth-order valence-electron chi connectivity index (χ4n) is 2.31. The maximum absolute atomic E-state index is 12.1. The lowest BCUT2D eigenvalue weighted by Gasteiger charge is -2.25. The van der Waals surface area contributed by atoms with Gasteiger partial charge in [0.1, 0.15) is 5.75 Å². The summed E-state index contributed by atoms with van der Waals surface area (Å²) < 4.78 is 25.0. The molecule has 2 aliphatic rings. The van der Waals surface area contributed by atoms with E-state index in [4.69, 9.17) is 0 Å². The number of amides is 1. The van der Waals surface area contributed by atoms with Crippen molar-refractivity contribution in [3.63, 3.8) is 0 Å². The van der Waals surface area contributed by atoms with Crippen LogP contribution in [0.4, 0.5) is 0 Å². The van der Waals surface area contributed by atoms with Gasteiger partial charge < -0.3 is 10.2 Å². The van der Waals surface area contributed by atoms with Crippen molar-refractivity contribution in [2.45, 2.75) is 37.8 Å². The monoisotopic (exact) mass is 275 g/mol. The highest BCUT2D eigenvalue weighted by Gasteiger charge is 2.35. The van der Waals surface area contributed by atoms with Gasteiger partial charge in [0, 0.05) is 18.6 Å². The second-order valence-corrected chi connectivity index (χ2v) is 6.96. The quantitative estimate of drug-likeness (QED) is 0.670. The molecule has 1 aliphatic carbocycles. The van der Waals surface area contributed by atoms with Crippen molar-refractivity contribution in [3.8, 4) is 0 Å². The molecule has 7 heteroatoms. The van der Waals surface area contributed by atoms with Gasteiger partial charge in [-0.2, -0.15) is 0 Å². The maximum atomic E-state index is 12.1. The third-order valence-corrected chi connectivity index (χ3v) is 4.76. The van der Waals surface area contributed by atoms with Gasteiger partial charge in [-0.1, -0.05) is 0 Å². The van der Waals surface area contributed by atoms with E-state index in [0.29, 0.717) is 12.6 Å². The molecule has 1 aliphatic heterocycles. The largest absolute Gasteiger partial charge is 0.337 e. The minimum absolute atomic E-state index is 0.256. The second kappa shape index (κ2) is 5.54. The fraction of sp³-hybridized carbons (Fsp3) is 0.909. The minimum Gasteiger partial charge on any atom is -0.337 e. The van der Waals surface area contributed by atoms with Gasteiger partial charge in [0.25, 0.3) is 0 Å². The molecule has 0 bridgehead atoms. The van der Waals surface area contributed by atoms with Crippen molar-refractivity contribution in [2.24, 2.45) is 0 Å². The molecule has 0 aromatic heterocycles. The lowest BCUT2D eigenvalue weighted by atomic mass is 10.2. The van der Waals surface area contributed by atoms with Crippen molar-refractivity contribution < 1.29 is 13.2 Å². The van der Waals surface area contributed by atoms with E-state index in [-0.39, 0.29) is 11.9 Å². The first-order valence-corrected chi connectivity index (χ1v) is 8.11. The molecule has 18 heavy (non-hydrogen) atoms. The number of sulfonamides is 1. The van der Waals surface area contributed by atoms with Gasteiger partial charge in [-0.25, -0.2) is 13.1 Å². The topological polar surface area (TPSA) is 78.5 Å². The van der Waals surface area contributed by atoms with E-state index in [2.05, 4.69) is 10.0 Å². The molecule has 1 unspecified atom stereocenters. The van der Waals surface area contributed by atoms with E-state index in [1.54, 1.807) is 4.90 Å². The van der Waals surface area contributed by atoms with Crippen LogP contribution >= 0.6 is 0 Å². The summed E-state index contributed by atoms with van der Waals surface area (Å²) in [6.45, 7) is 1.63. The highest BCUT2D eigenvalue weighted by molar-refractivity contribution is 7.90. The zero-order chi connectivity index (χ0) is 13.2. The highest BCUT2D eigenvalue weighted by Crippen LogP contribution is 2.28. The van der Waals surface area contributed by atoms with E-state index < -0.39 is 15.8 Å². The summed E-state index contributed by atoms with van der Waals surface area (Å²) in [5.74, 6) is -0.715. The summed E-state index contributed by atoms with van der Waals surface area (Å²) in [4.78, 5) is 13.8. The normalized spacial score (nSPS) is 24.2. The van der Waals surface area contributed by atoms with Gasteiger partial charge in [-0.15, -0.1) is 0 Å². The highest BCUT2D eigenvalue weighted by atomic mass is 32.2. The Morgan fingerprint density at radius 3 is 2.61 bits per heavy atom. The number of hydrogen-bond acceptors (Lipinski definition) is 4. The predicted octanol–water partition coefficient (Wildman–Crippen LogP) is -0.721. The standard InChI is InChI=1S/C11H21N3O3S/c1-12-18(16,17)8-11(15)14(10-4-5-10)7-9-3-2-6-13-9/h9-10,12-13H,2-8H2,1H3. The van der Waals surface area contributed by atoms with Crippen molar-refractivity contribution >= 4 is 15.9 Å². The van der Waals surface area contributed by atoms with Gasteiger partial charge >= 0.3 is 0 Å². The van der Waals surface area contributed by atoms with Gasteiger partial charge in [0.05, 0.1) is 0 Å². The third-order valence-electron chi connectivity index (χ3n) is 3.51. The Morgan fingerprint density at radius 2 is 2.11 bits per heavy atom. The first-order chi connectivity index (χ1) is 8.52. The van der Waals surface area contributed by atoms with Crippen LogP contribution in [0.2, 0.25) is 0 Å². The minimum atomic E-state index is -3.46. The number of hydrogen-bond donors (Lipinski definition) is 2. The number of carbonyl (C=O) groups is 1. The van der Waals surface area contributed by atoms with Crippen LogP contribution in [-0.4, -0.2) is 57.2 Å². The molecule has 0 spiro atoms. The average Bonchev–Trinajstić information content (AvgIpc) is 3.02. The van der Waals surface area contributed by atoms with E-state index in [9.17, 15) is 13.2 Å². The first kappa shape index (κ1) is 13.8. The van der Waals surface area contributed by atoms with Crippen LogP contribution in [0.5, 0.6) is 0 Å². The first-order valence-electron chi connectivity index (χ1n) is 6.46. The SMILES string of the molecule is CNS(=O)(=O)CC(=O)N(CC1CCCN1)C1CC1. The molecule has 104 valence electrons. The van der Waals surface area contributed by atoms with Crippen LogP contribution in [0.1, 0.15) is 25.7 Å². The third kappa shape index (κ3) is 3.66. The molecule has 6 nitrogen and oxygen atoms in total. The summed E-state index contributed by atoms with van der Waals surface area (Å²) in [6, 6.07) is 0.582. The Balaban J connectivity index is 1.94. The molecule has 2 rings (SSSR count). The van der Waals surface area contributed by atoms with Crippen LogP contribution in [0.25, 0.3) is 0 Å². The predicted molar refractivity (Wildman–Crippen MR) is 68.6 cm³/mol. The van der Waals surface area contributed by atoms with Crippen molar-refractivity contribution in [3.05, 3.63) is 0 Å². The molecule has 2 N–H and O–H groups in total. The fourth-order valence-corrected chi connectivity index (χ4v) is 2.94. The van der Waals surface area contributed by atoms with Crippen molar-refractivity contribution in [1.29, 1.82) is 0 Å². The molecule has 1 atom stereocenters. The van der Waals surface area contributed by atoms with Crippen molar-refractivity contribution in [2.75, 3.05) is 25.9 Å². The van der Waals surface area contributed by atoms with Crippen LogP contribution in [0.15, 0.2) is 0 Å². The Hall–Kier alpha value is -0.660. The molecule has 1 saturated heterocycles. The summed E-state index contributed by atoms with van der Waals surface area (Å²) >= 11 is 0. The molecule has 0 aromatic carbocycles. The summed E-state index contributed by atoms with van der Waals surface area (Å²) in [5.41, 5.74) is 0. The molecule has 1 saturated carbocycles. The van der Waals surface area contributed by atoms with Crippen molar-refractivity contribution in [1.82, 2.24) is 14.9 Å². The van der Waals surface area contributed by atoms with Gasteiger partial charge in [0.15, 0.2) is 0 Å². The molecular formula is C11H21N3O3S. The summed E-state index contributed by atoms with van der Waals surface area (Å²) in [6.07, 6.45) is 4.19. The Morgan fingerprint density at radius 1 is 1.39 bits per heavy atom. The Labute approximate surface area is 108 Å². The van der Waals surface area contributed by atoms with E-state index in [1.807, 2.05) is 0 Å². The van der Waals surface area contributed by atoms with Crippen LogP contribution < -0.4 is 10.0 Å². The summed E-state index contributed by atoms with van der Waals surface area (Å²) in [5, 5.41) is 3.34. The van der Waals surface area contributed by atoms with Gasteiger partial charge in [0.2, 0.25) is 15.9 Å². The van der Waals surface area contributed by atoms with Crippen LogP contribution in [-0.2, 0) is 14.8 Å². The van der Waals surface area contributed by atoms with E-state index >= 15 is 0 Å². The van der Waals surface area contributed by atoms with E-state index in [1.165, 1.54) is 7.05 Å². The molecule has 1 amide bonds. The van der Waals surface area contributed by atoms with Gasteiger partial charge in [-0.05, 0) is 39.3 Å². The molecule has 0 radical (unpaired) electrons. The number of nitrogens with zero attached hydrogens (tertiary/aromatic N) is 1. The lowest BCUT2D eigenvalue weighted by Crippen LogP contribution is -2.45. The average molecular weight is 275 g/mol. The second-order valence-electron chi connectivity index (χ2n) is 5.03. The Kier molecular flexibility index (Phi) is 4.24. The van der Waals surface area contributed by atoms with Crippen LogP contribution in [0.3, 0.4) is 0 Å². The Bertz CT molecular complexity index is 400. The molecule has 1 heterocycles. The number of rotatable bonds is 6. The van der Waals surface area contributed by atoms with E-state index in [0.717, 1.165) is 32.2 Å². The molecule has 0 aromatic rings. The van der Waals surface area contributed by atoms with Gasteiger partial charge in [-0.3, -0.25) is 4.79 Å². The summed E-state index contributed by atoms with van der Waals surface area (Å²) in [7, 11) is -2.13. The zero-order valence-electron chi connectivity index (χ0n) is 10.7. The van der Waals surface area contributed by atoms with Crippen LogP contribution in [0, 0.1) is 0 Å². The smallest absolute Gasteiger partial charge is 0.239 e. The number of carbonyl (C=O) groups excluding carboxylic acids is 1.